The summed E-state index contributed by atoms with van der Waals surface area (Å²) in [4.78, 5) is 13.7. The molecule has 0 aliphatic carbocycles. The Morgan fingerprint density at radius 2 is 2.06 bits per heavy atom. The molecule has 1 heterocycles. The van der Waals surface area contributed by atoms with Crippen molar-refractivity contribution in [3.63, 3.8) is 0 Å². The molecule has 1 fully saturated rings. The molecule has 1 N–H and O–H groups in total. The van der Waals surface area contributed by atoms with E-state index in [9.17, 15) is 9.90 Å². The number of aliphatic hydroxyl groups excluding tert-OH is 1. The Kier molecular flexibility index (Phi) is 3.48. The van der Waals surface area contributed by atoms with Crippen LogP contribution in [0.2, 0.25) is 0 Å². The predicted octanol–water partition coefficient (Wildman–Crippen LogP) is 2.30. The SMILES string of the molecule is CC(C)c1ccccc1N1CCCC(O)C1=O. The summed E-state index contributed by atoms with van der Waals surface area (Å²) in [6.07, 6.45) is 0.613. The number of hydrogen-bond donors (Lipinski definition) is 1. The van der Waals surface area contributed by atoms with E-state index < -0.39 is 6.10 Å². The molecule has 1 aliphatic rings. The Morgan fingerprint density at radius 3 is 2.76 bits per heavy atom. The summed E-state index contributed by atoms with van der Waals surface area (Å²) < 4.78 is 0. The highest BCUT2D eigenvalue weighted by Crippen LogP contribution is 2.29. The van der Waals surface area contributed by atoms with Gasteiger partial charge in [0.15, 0.2) is 0 Å². The topological polar surface area (TPSA) is 40.5 Å². The van der Waals surface area contributed by atoms with Gasteiger partial charge in [0.25, 0.3) is 5.91 Å². The minimum absolute atomic E-state index is 0.163. The second-order valence-corrected chi connectivity index (χ2v) is 4.86. The van der Waals surface area contributed by atoms with Gasteiger partial charge < -0.3 is 10.0 Å². The van der Waals surface area contributed by atoms with E-state index >= 15 is 0 Å². The van der Waals surface area contributed by atoms with E-state index in [2.05, 4.69) is 13.8 Å². The van der Waals surface area contributed by atoms with Gasteiger partial charge in [-0.25, -0.2) is 0 Å². The maximum atomic E-state index is 12.0. The molecule has 3 nitrogen and oxygen atoms in total. The highest BCUT2D eigenvalue weighted by molar-refractivity contribution is 5.97. The van der Waals surface area contributed by atoms with Crippen molar-refractivity contribution < 1.29 is 9.90 Å². The van der Waals surface area contributed by atoms with Crippen LogP contribution in [0.4, 0.5) is 5.69 Å². The average molecular weight is 233 g/mol. The van der Waals surface area contributed by atoms with Gasteiger partial charge in [-0.1, -0.05) is 32.0 Å². The second-order valence-electron chi connectivity index (χ2n) is 4.86. The normalized spacial score (nSPS) is 21.1. The lowest BCUT2D eigenvalue weighted by Gasteiger charge is -2.32. The molecular weight excluding hydrogens is 214 g/mol. The molecule has 0 bridgehead atoms. The molecule has 0 spiro atoms. The Labute approximate surface area is 102 Å². The molecule has 17 heavy (non-hydrogen) atoms. The summed E-state index contributed by atoms with van der Waals surface area (Å²) in [6, 6.07) is 7.94. The Morgan fingerprint density at radius 1 is 1.35 bits per heavy atom. The Balaban J connectivity index is 2.36. The predicted molar refractivity (Wildman–Crippen MR) is 68.1 cm³/mol. The minimum Gasteiger partial charge on any atom is -0.383 e. The van der Waals surface area contributed by atoms with Gasteiger partial charge >= 0.3 is 0 Å². The maximum Gasteiger partial charge on any atom is 0.255 e. The van der Waals surface area contributed by atoms with Crippen molar-refractivity contribution in [3.05, 3.63) is 29.8 Å². The van der Waals surface area contributed by atoms with Crippen LogP contribution in [-0.2, 0) is 4.79 Å². The van der Waals surface area contributed by atoms with Gasteiger partial charge in [-0.3, -0.25) is 4.79 Å². The van der Waals surface area contributed by atoms with Crippen molar-refractivity contribution in [3.8, 4) is 0 Å². The number of carbonyl (C=O) groups excluding carboxylic acids is 1. The standard InChI is InChI=1S/C14H19NO2/c1-10(2)11-6-3-4-7-12(11)15-9-5-8-13(16)14(15)17/h3-4,6-7,10,13,16H,5,8-9H2,1-2H3. The van der Waals surface area contributed by atoms with E-state index in [-0.39, 0.29) is 5.91 Å². The van der Waals surface area contributed by atoms with Crippen LogP contribution in [0.3, 0.4) is 0 Å². The highest BCUT2D eigenvalue weighted by Gasteiger charge is 2.29. The Bertz CT molecular complexity index is 414. The van der Waals surface area contributed by atoms with Crippen LogP contribution >= 0.6 is 0 Å². The van der Waals surface area contributed by atoms with Crippen LogP contribution < -0.4 is 4.90 Å². The van der Waals surface area contributed by atoms with E-state index in [1.807, 2.05) is 24.3 Å². The lowest BCUT2D eigenvalue weighted by atomic mass is 9.98. The summed E-state index contributed by atoms with van der Waals surface area (Å²) in [5.41, 5.74) is 2.11. The van der Waals surface area contributed by atoms with E-state index in [1.165, 1.54) is 0 Å². The highest BCUT2D eigenvalue weighted by atomic mass is 16.3. The number of benzene rings is 1. The smallest absolute Gasteiger partial charge is 0.255 e. The molecule has 92 valence electrons. The number of carbonyl (C=O) groups is 1. The second kappa shape index (κ2) is 4.88. The van der Waals surface area contributed by atoms with Gasteiger partial charge in [-0.05, 0) is 30.4 Å². The van der Waals surface area contributed by atoms with Gasteiger partial charge in [0.1, 0.15) is 6.10 Å². The van der Waals surface area contributed by atoms with Gasteiger partial charge in [0.2, 0.25) is 0 Å². The van der Waals surface area contributed by atoms with Crippen molar-refractivity contribution in [1.82, 2.24) is 0 Å². The first-order valence-corrected chi connectivity index (χ1v) is 6.19. The lowest BCUT2D eigenvalue weighted by molar-refractivity contribution is -0.128. The third kappa shape index (κ3) is 2.34. The van der Waals surface area contributed by atoms with Crippen LogP contribution in [0.15, 0.2) is 24.3 Å². The number of hydrogen-bond acceptors (Lipinski definition) is 2. The van der Waals surface area contributed by atoms with Crippen LogP contribution in [0.1, 0.15) is 38.2 Å². The van der Waals surface area contributed by atoms with Crippen molar-refractivity contribution in [1.29, 1.82) is 0 Å². The number of rotatable bonds is 2. The first kappa shape index (κ1) is 12.1. The lowest BCUT2D eigenvalue weighted by Crippen LogP contribution is -2.44. The first-order valence-electron chi connectivity index (χ1n) is 6.19. The molecule has 3 heteroatoms. The third-order valence-electron chi connectivity index (χ3n) is 3.26. The molecule has 1 aliphatic heterocycles. The van der Waals surface area contributed by atoms with Crippen molar-refractivity contribution >= 4 is 11.6 Å². The van der Waals surface area contributed by atoms with E-state index in [4.69, 9.17) is 0 Å². The summed E-state index contributed by atoms with van der Waals surface area (Å²) >= 11 is 0. The molecule has 1 atom stereocenters. The zero-order chi connectivity index (χ0) is 12.4. The average Bonchev–Trinajstić information content (AvgIpc) is 2.33. The molecule has 1 amide bonds. The van der Waals surface area contributed by atoms with Gasteiger partial charge in [-0.15, -0.1) is 0 Å². The van der Waals surface area contributed by atoms with Crippen LogP contribution in [0.25, 0.3) is 0 Å². The fourth-order valence-electron chi connectivity index (χ4n) is 2.32. The van der Waals surface area contributed by atoms with Crippen LogP contribution in [0, 0.1) is 0 Å². The monoisotopic (exact) mass is 233 g/mol. The largest absolute Gasteiger partial charge is 0.383 e. The van der Waals surface area contributed by atoms with Crippen molar-refractivity contribution in [2.75, 3.05) is 11.4 Å². The van der Waals surface area contributed by atoms with Crippen LogP contribution in [0.5, 0.6) is 0 Å². The zero-order valence-corrected chi connectivity index (χ0v) is 10.4. The molecule has 1 saturated heterocycles. The summed E-state index contributed by atoms with van der Waals surface area (Å²) in [5, 5.41) is 9.65. The number of amides is 1. The summed E-state index contributed by atoms with van der Waals surface area (Å²) in [6.45, 7) is 4.94. The molecule has 0 radical (unpaired) electrons. The Hall–Kier alpha value is -1.35. The quantitative estimate of drug-likeness (QED) is 0.851. The molecule has 0 aromatic heterocycles. The molecule has 2 rings (SSSR count). The van der Waals surface area contributed by atoms with E-state index in [0.29, 0.717) is 18.9 Å². The fourth-order valence-corrected chi connectivity index (χ4v) is 2.32. The molecule has 0 saturated carbocycles. The van der Waals surface area contributed by atoms with Gasteiger partial charge in [0, 0.05) is 12.2 Å². The maximum absolute atomic E-state index is 12.0. The summed E-state index contributed by atoms with van der Waals surface area (Å²) in [7, 11) is 0. The van der Waals surface area contributed by atoms with E-state index in [0.717, 1.165) is 17.7 Å². The van der Waals surface area contributed by atoms with Crippen molar-refractivity contribution in [2.24, 2.45) is 0 Å². The molecule has 1 aromatic carbocycles. The molecule has 1 unspecified atom stereocenters. The van der Waals surface area contributed by atoms with Crippen LogP contribution in [-0.4, -0.2) is 23.7 Å². The van der Waals surface area contributed by atoms with Gasteiger partial charge in [-0.2, -0.15) is 0 Å². The fraction of sp³-hybridized carbons (Fsp3) is 0.500. The number of para-hydroxylation sites is 1. The zero-order valence-electron chi connectivity index (χ0n) is 10.4. The molecule has 1 aromatic rings. The molecular formula is C14H19NO2. The minimum atomic E-state index is -0.830. The number of piperidine rings is 1. The van der Waals surface area contributed by atoms with Crippen molar-refractivity contribution in [2.45, 2.75) is 38.7 Å². The first-order chi connectivity index (χ1) is 8.11. The summed E-state index contributed by atoms with van der Waals surface area (Å²) in [5.74, 6) is 0.211. The van der Waals surface area contributed by atoms with Gasteiger partial charge in [0.05, 0.1) is 0 Å². The number of anilines is 1. The number of aliphatic hydroxyl groups is 1. The van der Waals surface area contributed by atoms with E-state index in [1.54, 1.807) is 4.90 Å². The third-order valence-corrected chi connectivity index (χ3v) is 3.26. The number of nitrogens with zero attached hydrogens (tertiary/aromatic N) is 1.